The summed E-state index contributed by atoms with van der Waals surface area (Å²) in [5.74, 6) is 1.17. The molecule has 0 aliphatic carbocycles. The van der Waals surface area contributed by atoms with E-state index in [1.807, 2.05) is 24.5 Å². The maximum Gasteiger partial charge on any atom is 0.274 e. The molecule has 0 spiro atoms. The number of aryl methyl sites for hydroxylation is 1. The van der Waals surface area contributed by atoms with Crippen molar-refractivity contribution in [2.45, 2.75) is 6.54 Å². The molecule has 4 aromatic rings. The van der Waals surface area contributed by atoms with Crippen molar-refractivity contribution in [3.8, 4) is 11.5 Å². The second kappa shape index (κ2) is 3.25. The first-order valence-corrected chi connectivity index (χ1v) is 6.63. The van der Waals surface area contributed by atoms with Gasteiger partial charge in [0.05, 0.1) is 19.8 Å². The molecule has 0 radical (unpaired) electrons. The Morgan fingerprint density at radius 1 is 1.20 bits per heavy atom. The molecule has 1 aliphatic heterocycles. The van der Waals surface area contributed by atoms with E-state index in [2.05, 4.69) is 48.9 Å². The van der Waals surface area contributed by atoms with Gasteiger partial charge in [-0.05, 0) is 12.1 Å². The minimum Gasteiger partial charge on any atom is -0.249 e. The molecule has 1 aliphatic rings. The van der Waals surface area contributed by atoms with Gasteiger partial charge >= 0.3 is 0 Å². The third kappa shape index (κ3) is 1.02. The molecule has 0 saturated carbocycles. The maximum atomic E-state index is 4.55. The van der Waals surface area contributed by atoms with Gasteiger partial charge in [0.25, 0.3) is 11.5 Å². The van der Waals surface area contributed by atoms with E-state index in [0.717, 1.165) is 17.9 Å². The molecule has 5 rings (SSSR count). The smallest absolute Gasteiger partial charge is 0.249 e. The number of rotatable bonds is 0. The molecular weight excluding hydrogens is 250 g/mol. The monoisotopic (exact) mass is 262 g/mol. The maximum absolute atomic E-state index is 4.55. The normalized spacial score (nSPS) is 13.1. The van der Waals surface area contributed by atoms with Gasteiger partial charge in [-0.15, -0.1) is 0 Å². The molecule has 5 nitrogen and oxygen atoms in total. The van der Waals surface area contributed by atoms with Crippen LogP contribution >= 0.6 is 0 Å². The fourth-order valence-electron chi connectivity index (χ4n) is 3.29. The van der Waals surface area contributed by atoms with Gasteiger partial charge < -0.3 is 0 Å². The van der Waals surface area contributed by atoms with Crippen molar-refractivity contribution in [2.24, 2.45) is 7.05 Å². The second-order valence-electron chi connectivity index (χ2n) is 5.18. The Morgan fingerprint density at radius 2 is 2.10 bits per heavy atom. The van der Waals surface area contributed by atoms with Gasteiger partial charge in [-0.2, -0.15) is 0 Å². The first kappa shape index (κ1) is 10.1. The average Bonchev–Trinajstić information content (AvgIpc) is 3.10. The van der Waals surface area contributed by atoms with Crippen LogP contribution in [0.3, 0.4) is 0 Å². The molecule has 96 valence electrons. The average molecular weight is 262 g/mol. The van der Waals surface area contributed by atoms with Gasteiger partial charge in [-0.25, -0.2) is 23.5 Å². The van der Waals surface area contributed by atoms with Gasteiger partial charge in [0.1, 0.15) is 5.69 Å². The summed E-state index contributed by atoms with van der Waals surface area (Å²) in [4.78, 5) is 8.98. The van der Waals surface area contributed by atoms with E-state index in [1.54, 1.807) is 0 Å². The molecule has 0 fully saturated rings. The van der Waals surface area contributed by atoms with Gasteiger partial charge in [0.2, 0.25) is 0 Å². The third-order valence-corrected chi connectivity index (χ3v) is 4.11. The molecule has 20 heavy (non-hydrogen) atoms. The van der Waals surface area contributed by atoms with Crippen LogP contribution in [0, 0.1) is 0 Å². The Kier molecular flexibility index (Phi) is 1.65. The van der Waals surface area contributed by atoms with E-state index < -0.39 is 0 Å². The topological polar surface area (TPSA) is 39.0 Å². The first-order valence-electron chi connectivity index (χ1n) is 6.63. The van der Waals surface area contributed by atoms with Gasteiger partial charge in [-0.1, -0.05) is 6.07 Å². The number of hydrogen-bond donors (Lipinski definition) is 0. The van der Waals surface area contributed by atoms with Crippen molar-refractivity contribution in [1.29, 1.82) is 0 Å². The Bertz CT molecular complexity index is 992. The SMILES string of the molecule is C[n+]1c2n(c3cc4ncccn4c31)Cc1cccnc1-2. The number of pyridine rings is 1. The van der Waals surface area contributed by atoms with E-state index in [9.17, 15) is 0 Å². The molecule has 4 aromatic heterocycles. The Labute approximate surface area is 114 Å². The third-order valence-electron chi connectivity index (χ3n) is 4.11. The summed E-state index contributed by atoms with van der Waals surface area (Å²) in [6.45, 7) is 0.882. The highest BCUT2D eigenvalue weighted by Crippen LogP contribution is 2.32. The van der Waals surface area contributed by atoms with Crippen LogP contribution < -0.4 is 4.57 Å². The molecule has 5 heterocycles. The van der Waals surface area contributed by atoms with Crippen LogP contribution in [-0.2, 0) is 13.6 Å². The summed E-state index contributed by atoms with van der Waals surface area (Å²) in [7, 11) is 2.09. The molecular formula is C15H12N5+. The van der Waals surface area contributed by atoms with Crippen LogP contribution in [0.4, 0.5) is 0 Å². The predicted octanol–water partition coefficient (Wildman–Crippen LogP) is 1.54. The van der Waals surface area contributed by atoms with Gasteiger partial charge in [-0.3, -0.25) is 0 Å². The fraction of sp³-hybridized carbons (Fsp3) is 0.133. The number of fused-ring (bicyclic) bond motifs is 7. The van der Waals surface area contributed by atoms with Crippen LogP contribution in [-0.4, -0.2) is 18.9 Å². The lowest BCUT2D eigenvalue weighted by Gasteiger charge is -1.96. The summed E-state index contributed by atoms with van der Waals surface area (Å²) in [6.07, 6.45) is 5.74. The van der Waals surface area contributed by atoms with Crippen LogP contribution in [0.5, 0.6) is 0 Å². The minimum atomic E-state index is 0.882. The second-order valence-corrected chi connectivity index (χ2v) is 5.18. The van der Waals surface area contributed by atoms with E-state index in [0.29, 0.717) is 0 Å². The fourth-order valence-corrected chi connectivity index (χ4v) is 3.29. The molecule has 0 N–H and O–H groups in total. The molecule has 0 amide bonds. The first-order chi connectivity index (χ1) is 9.84. The van der Waals surface area contributed by atoms with Crippen molar-refractivity contribution in [3.63, 3.8) is 0 Å². The highest BCUT2D eigenvalue weighted by Gasteiger charge is 2.33. The highest BCUT2D eigenvalue weighted by atomic mass is 15.2. The number of imidazole rings is 1. The van der Waals surface area contributed by atoms with Gasteiger partial charge in [0.15, 0.2) is 11.2 Å². The Morgan fingerprint density at radius 3 is 3.05 bits per heavy atom. The molecule has 0 atom stereocenters. The lowest BCUT2D eigenvalue weighted by atomic mass is 10.2. The lowest BCUT2D eigenvalue weighted by Crippen LogP contribution is -2.30. The molecule has 0 saturated heterocycles. The molecule has 0 unspecified atom stereocenters. The van der Waals surface area contributed by atoms with E-state index in [-0.39, 0.29) is 0 Å². The Hall–Kier alpha value is -2.69. The number of hydrogen-bond acceptors (Lipinski definition) is 2. The number of nitrogens with zero attached hydrogens (tertiary/aromatic N) is 5. The summed E-state index contributed by atoms with van der Waals surface area (Å²) in [6, 6.07) is 8.25. The quantitative estimate of drug-likeness (QED) is 0.397. The van der Waals surface area contributed by atoms with Crippen molar-refractivity contribution < 1.29 is 4.57 Å². The predicted molar refractivity (Wildman–Crippen MR) is 74.2 cm³/mol. The van der Waals surface area contributed by atoms with Crippen LogP contribution in [0.15, 0.2) is 42.9 Å². The van der Waals surface area contributed by atoms with E-state index in [4.69, 9.17) is 0 Å². The van der Waals surface area contributed by atoms with Crippen LogP contribution in [0.2, 0.25) is 0 Å². The molecule has 5 heteroatoms. The van der Waals surface area contributed by atoms with E-state index >= 15 is 0 Å². The van der Waals surface area contributed by atoms with Crippen molar-refractivity contribution in [1.82, 2.24) is 18.9 Å². The summed E-state index contributed by atoms with van der Waals surface area (Å²) < 4.78 is 6.66. The van der Waals surface area contributed by atoms with Crippen LogP contribution in [0.1, 0.15) is 5.56 Å². The largest absolute Gasteiger partial charge is 0.274 e. The summed E-state index contributed by atoms with van der Waals surface area (Å²) in [5, 5.41) is 0. The summed E-state index contributed by atoms with van der Waals surface area (Å²) >= 11 is 0. The lowest BCUT2D eigenvalue weighted by molar-refractivity contribution is -0.636. The van der Waals surface area contributed by atoms with Crippen molar-refractivity contribution >= 4 is 16.8 Å². The summed E-state index contributed by atoms with van der Waals surface area (Å²) in [5.41, 5.74) is 5.72. The standard InChI is InChI=1S/C15H12N5/c1-18-14-11(8-12-16-6-3-7-19(12)14)20-9-10-4-2-5-17-13(10)15(18)20/h2-8H,9H2,1H3/q+1. The minimum absolute atomic E-state index is 0.882. The van der Waals surface area contributed by atoms with Crippen molar-refractivity contribution in [2.75, 3.05) is 0 Å². The zero-order chi connectivity index (χ0) is 13.3. The molecule has 0 aromatic carbocycles. The highest BCUT2D eigenvalue weighted by molar-refractivity contribution is 5.81. The van der Waals surface area contributed by atoms with Crippen LogP contribution in [0.25, 0.3) is 28.3 Å². The zero-order valence-electron chi connectivity index (χ0n) is 11.0. The molecule has 0 bridgehead atoms. The zero-order valence-corrected chi connectivity index (χ0v) is 11.0. The van der Waals surface area contributed by atoms with Crippen molar-refractivity contribution in [3.05, 3.63) is 48.4 Å². The van der Waals surface area contributed by atoms with Gasteiger partial charge in [0, 0.05) is 24.0 Å². The van der Waals surface area contributed by atoms with E-state index in [1.165, 1.54) is 22.6 Å². The number of aromatic nitrogens is 5. The Balaban J connectivity index is 1.98.